The van der Waals surface area contributed by atoms with E-state index in [0.717, 1.165) is 30.6 Å². The Morgan fingerprint density at radius 2 is 2.33 bits per heavy atom. The van der Waals surface area contributed by atoms with Gasteiger partial charge in [0.1, 0.15) is 6.29 Å². The lowest BCUT2D eigenvalue weighted by Gasteiger charge is -2.13. The van der Waals surface area contributed by atoms with Crippen LogP contribution in [0.3, 0.4) is 0 Å². The first-order valence-electron chi connectivity index (χ1n) is 4.21. The van der Waals surface area contributed by atoms with Crippen molar-refractivity contribution in [3.8, 4) is 0 Å². The van der Waals surface area contributed by atoms with Crippen LogP contribution in [0.15, 0.2) is 24.4 Å². The van der Waals surface area contributed by atoms with Crippen molar-refractivity contribution in [1.82, 2.24) is 0 Å². The zero-order valence-electron chi connectivity index (χ0n) is 7.62. The van der Waals surface area contributed by atoms with Crippen LogP contribution >= 0.6 is 0 Å². The number of nitrogens with two attached hydrogens (primary N) is 1. The zero-order valence-corrected chi connectivity index (χ0v) is 7.62. The minimum Gasteiger partial charge on any atom is -0.405 e. The monoisotopic (exact) mass is 167 g/mol. The molecule has 0 aliphatic heterocycles. The Hall–Kier alpha value is -1.05. The molecule has 1 rings (SSSR count). The third-order valence-corrected chi connectivity index (χ3v) is 1.86. The largest absolute Gasteiger partial charge is 0.405 e. The van der Waals surface area contributed by atoms with Crippen molar-refractivity contribution in [2.75, 3.05) is 0 Å². The number of hydrogen-bond acceptors (Lipinski definition) is 2. The van der Waals surface area contributed by atoms with Crippen molar-refractivity contribution in [3.63, 3.8) is 0 Å². The maximum Gasteiger partial charge on any atom is 0.145 e. The zero-order chi connectivity index (χ0) is 9.40. The van der Waals surface area contributed by atoms with Gasteiger partial charge in [0.2, 0.25) is 0 Å². The van der Waals surface area contributed by atoms with Crippen LogP contribution in [-0.2, 0) is 4.79 Å². The van der Waals surface area contributed by atoms with Gasteiger partial charge < -0.3 is 5.73 Å². The van der Waals surface area contributed by atoms with Crippen molar-refractivity contribution in [2.45, 2.75) is 26.2 Å². The molecule has 12 heavy (non-hydrogen) atoms. The molecule has 68 valence electrons. The summed E-state index contributed by atoms with van der Waals surface area (Å²) in [6.07, 6.45) is 7.55. The minimum absolute atomic E-state index is 0.786. The average Bonchev–Trinajstić information content (AvgIpc) is 2.07. The van der Waals surface area contributed by atoms with E-state index >= 15 is 0 Å². The van der Waals surface area contributed by atoms with E-state index < -0.39 is 0 Å². The first-order chi connectivity index (χ1) is 5.74. The first kappa shape index (κ1) is 11.0. The van der Waals surface area contributed by atoms with Gasteiger partial charge in [-0.1, -0.05) is 19.6 Å². The second-order valence-electron chi connectivity index (χ2n) is 3.01. The molecule has 1 aliphatic carbocycles. The van der Waals surface area contributed by atoms with Gasteiger partial charge >= 0.3 is 0 Å². The molecule has 1 atom stereocenters. The van der Waals surface area contributed by atoms with Gasteiger partial charge in [-0.3, -0.25) is 4.79 Å². The summed E-state index contributed by atoms with van der Waals surface area (Å²) in [4.78, 5) is 10.2. The summed E-state index contributed by atoms with van der Waals surface area (Å²) < 4.78 is 0. The molecule has 0 spiro atoms. The van der Waals surface area contributed by atoms with Crippen LogP contribution in [0.1, 0.15) is 26.2 Å². The fourth-order valence-electron chi connectivity index (χ4n) is 1.09. The lowest BCUT2D eigenvalue weighted by Crippen LogP contribution is -2.01. The van der Waals surface area contributed by atoms with Gasteiger partial charge in [-0.25, -0.2) is 0 Å². The summed E-state index contributed by atoms with van der Waals surface area (Å²) in [5.41, 5.74) is 5.60. The van der Waals surface area contributed by atoms with Crippen LogP contribution in [0, 0.1) is 5.92 Å². The van der Waals surface area contributed by atoms with Crippen molar-refractivity contribution in [2.24, 2.45) is 11.7 Å². The van der Waals surface area contributed by atoms with Crippen molar-refractivity contribution in [3.05, 3.63) is 24.4 Å². The molecule has 0 heterocycles. The Morgan fingerprint density at radius 3 is 2.67 bits per heavy atom. The molecule has 2 heteroatoms. The fraction of sp³-hybridized carbons (Fsp3) is 0.500. The fourth-order valence-corrected chi connectivity index (χ4v) is 1.09. The Morgan fingerprint density at radius 1 is 1.75 bits per heavy atom. The van der Waals surface area contributed by atoms with Crippen molar-refractivity contribution in [1.29, 1.82) is 0 Å². The van der Waals surface area contributed by atoms with Gasteiger partial charge in [0.15, 0.2) is 0 Å². The summed E-state index contributed by atoms with van der Waals surface area (Å²) in [5, 5.41) is 0. The van der Waals surface area contributed by atoms with Gasteiger partial charge in [0, 0.05) is 0 Å². The van der Waals surface area contributed by atoms with Crippen molar-refractivity contribution < 1.29 is 4.79 Å². The molecule has 2 N–H and O–H groups in total. The van der Waals surface area contributed by atoms with E-state index in [0.29, 0.717) is 0 Å². The van der Waals surface area contributed by atoms with Gasteiger partial charge in [-0.2, -0.15) is 0 Å². The van der Waals surface area contributed by atoms with E-state index in [2.05, 4.69) is 25.3 Å². The molecule has 0 aromatic carbocycles. The van der Waals surface area contributed by atoms with E-state index in [9.17, 15) is 4.79 Å². The molecule has 0 saturated carbocycles. The topological polar surface area (TPSA) is 43.1 Å². The van der Waals surface area contributed by atoms with E-state index in [-0.39, 0.29) is 0 Å². The SMILES string of the molecule is C=CN.CC1CC=C(C=O)CC1. The number of carbonyl (C=O) groups excluding carboxylic acids is 1. The Bertz CT molecular complexity index is 173. The van der Waals surface area contributed by atoms with E-state index in [4.69, 9.17) is 0 Å². The highest BCUT2D eigenvalue weighted by atomic mass is 16.1. The highest BCUT2D eigenvalue weighted by Crippen LogP contribution is 2.20. The summed E-state index contributed by atoms with van der Waals surface area (Å²) in [7, 11) is 0. The van der Waals surface area contributed by atoms with Gasteiger partial charge in [0.25, 0.3) is 0 Å². The van der Waals surface area contributed by atoms with Gasteiger partial charge in [-0.15, -0.1) is 0 Å². The Balaban J connectivity index is 0.000000354. The molecular weight excluding hydrogens is 150 g/mol. The van der Waals surface area contributed by atoms with Gasteiger partial charge in [-0.05, 0) is 37.0 Å². The molecule has 0 bridgehead atoms. The van der Waals surface area contributed by atoms with Crippen molar-refractivity contribution >= 4 is 6.29 Å². The molecule has 0 fully saturated rings. The minimum atomic E-state index is 0.786. The summed E-state index contributed by atoms with van der Waals surface area (Å²) in [6, 6.07) is 0. The smallest absolute Gasteiger partial charge is 0.145 e. The standard InChI is InChI=1S/C8H12O.C2H5N/c1-7-2-4-8(6-9)5-3-7;1-2-3/h4,6-7H,2-3,5H2,1H3;2H,1,3H2. The number of allylic oxidation sites excluding steroid dienone is 2. The number of hydrogen-bond donors (Lipinski definition) is 1. The Labute approximate surface area is 74.1 Å². The normalized spacial score (nSPS) is 21.4. The van der Waals surface area contributed by atoms with Crippen LogP contribution in [0.25, 0.3) is 0 Å². The molecule has 1 unspecified atom stereocenters. The average molecular weight is 167 g/mol. The number of carbonyl (C=O) groups is 1. The summed E-state index contributed by atoms with van der Waals surface area (Å²) in [5.74, 6) is 0.786. The Kier molecular flexibility index (Phi) is 6.07. The maximum absolute atomic E-state index is 10.2. The number of rotatable bonds is 1. The van der Waals surface area contributed by atoms with E-state index in [1.807, 2.05) is 0 Å². The number of aldehydes is 1. The molecule has 0 amide bonds. The molecule has 0 saturated heterocycles. The first-order valence-corrected chi connectivity index (χ1v) is 4.21. The maximum atomic E-state index is 10.2. The molecule has 1 aliphatic rings. The van der Waals surface area contributed by atoms with Gasteiger partial charge in [0.05, 0.1) is 0 Å². The molecule has 0 aromatic rings. The highest BCUT2D eigenvalue weighted by Gasteiger charge is 2.07. The van der Waals surface area contributed by atoms with E-state index in [1.54, 1.807) is 0 Å². The molecule has 0 aromatic heterocycles. The second kappa shape index (κ2) is 6.65. The molecule has 0 radical (unpaired) electrons. The van der Waals surface area contributed by atoms with Crippen LogP contribution in [0.5, 0.6) is 0 Å². The predicted molar refractivity (Wildman–Crippen MR) is 51.5 cm³/mol. The lowest BCUT2D eigenvalue weighted by atomic mass is 9.92. The second-order valence-corrected chi connectivity index (χ2v) is 3.01. The van der Waals surface area contributed by atoms with E-state index in [1.165, 1.54) is 12.6 Å². The highest BCUT2D eigenvalue weighted by molar-refractivity contribution is 5.73. The lowest BCUT2D eigenvalue weighted by molar-refractivity contribution is -0.105. The third kappa shape index (κ3) is 4.72. The molecular formula is C10H17NO. The quantitative estimate of drug-likeness (QED) is 0.607. The third-order valence-electron chi connectivity index (χ3n) is 1.86. The van der Waals surface area contributed by atoms with Crippen LogP contribution in [0.2, 0.25) is 0 Å². The van der Waals surface area contributed by atoms with Crippen LogP contribution in [-0.4, -0.2) is 6.29 Å². The predicted octanol–water partition coefficient (Wildman–Crippen LogP) is 2.02. The summed E-state index contributed by atoms with van der Waals surface area (Å²) >= 11 is 0. The molecule has 2 nitrogen and oxygen atoms in total. The van der Waals surface area contributed by atoms with Crippen LogP contribution in [0.4, 0.5) is 0 Å². The summed E-state index contributed by atoms with van der Waals surface area (Å²) in [6.45, 7) is 5.36. The van der Waals surface area contributed by atoms with Crippen LogP contribution < -0.4 is 5.73 Å².